The van der Waals surface area contributed by atoms with E-state index < -0.39 is 16.1 Å². The summed E-state index contributed by atoms with van der Waals surface area (Å²) in [6.07, 6.45) is 3.07. The number of sulfonamides is 1. The molecule has 0 saturated heterocycles. The van der Waals surface area contributed by atoms with Crippen LogP contribution >= 0.6 is 0 Å². The van der Waals surface area contributed by atoms with E-state index in [1.807, 2.05) is 45.0 Å². The van der Waals surface area contributed by atoms with E-state index in [0.717, 1.165) is 35.9 Å². The number of hydrogen-bond donors (Lipinski definition) is 1. The smallest absolute Gasteiger partial charge is 0.248 e. The Balaban J connectivity index is 2.43. The predicted octanol–water partition coefficient (Wildman–Crippen LogP) is 3.99. The van der Waals surface area contributed by atoms with Gasteiger partial charge in [0.25, 0.3) is 0 Å². The van der Waals surface area contributed by atoms with Gasteiger partial charge in [-0.3, -0.25) is 9.10 Å². The molecular weight excluding hydrogens is 360 g/mol. The summed E-state index contributed by atoms with van der Waals surface area (Å²) in [5.41, 5.74) is 3.38. The molecule has 1 atom stereocenters. The molecule has 0 aromatic heterocycles. The van der Waals surface area contributed by atoms with Gasteiger partial charge in [-0.1, -0.05) is 57.2 Å². The zero-order valence-corrected chi connectivity index (χ0v) is 17.2. The van der Waals surface area contributed by atoms with Crippen molar-refractivity contribution in [3.63, 3.8) is 0 Å². The number of nitrogens with zero attached hydrogens (tertiary/aromatic N) is 1. The van der Waals surface area contributed by atoms with Crippen molar-refractivity contribution < 1.29 is 13.2 Å². The minimum Gasteiger partial charge on any atom is -0.324 e. The predicted molar refractivity (Wildman–Crippen MR) is 112 cm³/mol. The third kappa shape index (κ3) is 4.89. The summed E-state index contributed by atoms with van der Waals surface area (Å²) < 4.78 is 26.2. The Bertz CT molecular complexity index is 857. The van der Waals surface area contributed by atoms with E-state index in [1.54, 1.807) is 24.3 Å². The fraction of sp³-hybridized carbons (Fsp3) is 0.381. The first-order chi connectivity index (χ1) is 12.8. The monoisotopic (exact) mass is 388 g/mol. The minimum absolute atomic E-state index is 0.317. The summed E-state index contributed by atoms with van der Waals surface area (Å²) in [5.74, 6) is -0.317. The molecule has 0 radical (unpaired) electrons. The van der Waals surface area contributed by atoms with Crippen LogP contribution in [0.1, 0.15) is 38.3 Å². The number of benzene rings is 2. The lowest BCUT2D eigenvalue weighted by atomic mass is 10.0. The number of anilines is 2. The molecule has 0 aliphatic heterocycles. The molecular formula is C21H28N2O3S. The standard InChI is InChI=1S/C21H28N2O3S/c1-5-16-12-11-13-17(6-2)20(16)22-21(24)19(7-3)23(27(4,25)26)18-14-9-8-10-15-18/h8-15,19H,5-7H2,1-4H3,(H,22,24)/t19-/m1/s1. The van der Waals surface area contributed by atoms with Crippen molar-refractivity contribution in [3.8, 4) is 0 Å². The lowest BCUT2D eigenvalue weighted by molar-refractivity contribution is -0.117. The summed E-state index contributed by atoms with van der Waals surface area (Å²) in [5, 5.41) is 3.01. The third-order valence-corrected chi connectivity index (χ3v) is 5.77. The Morgan fingerprint density at radius 2 is 1.52 bits per heavy atom. The number of aryl methyl sites for hydroxylation is 2. The van der Waals surface area contributed by atoms with Crippen LogP contribution in [-0.2, 0) is 27.7 Å². The molecule has 2 rings (SSSR count). The zero-order valence-electron chi connectivity index (χ0n) is 16.4. The van der Waals surface area contributed by atoms with Crippen LogP contribution in [0, 0.1) is 0 Å². The summed E-state index contributed by atoms with van der Waals surface area (Å²) in [4.78, 5) is 13.1. The maximum atomic E-state index is 13.1. The number of carbonyl (C=O) groups excluding carboxylic acids is 1. The van der Waals surface area contributed by atoms with Gasteiger partial charge < -0.3 is 5.32 Å². The molecule has 146 valence electrons. The second kappa shape index (κ2) is 9.04. The van der Waals surface area contributed by atoms with Gasteiger partial charge in [0.1, 0.15) is 6.04 Å². The van der Waals surface area contributed by atoms with Gasteiger partial charge in [0.05, 0.1) is 11.9 Å². The quantitative estimate of drug-likeness (QED) is 0.743. The highest BCUT2D eigenvalue weighted by molar-refractivity contribution is 7.92. The van der Waals surface area contributed by atoms with Gasteiger partial charge in [-0.05, 0) is 42.5 Å². The average molecular weight is 389 g/mol. The fourth-order valence-electron chi connectivity index (χ4n) is 3.24. The molecule has 2 aromatic rings. The lowest BCUT2D eigenvalue weighted by Gasteiger charge is -2.30. The summed E-state index contributed by atoms with van der Waals surface area (Å²) in [6, 6.07) is 13.9. The van der Waals surface area contributed by atoms with Crippen LogP contribution < -0.4 is 9.62 Å². The number of carbonyl (C=O) groups is 1. The van der Waals surface area contributed by atoms with Crippen molar-refractivity contribution in [3.05, 3.63) is 59.7 Å². The van der Waals surface area contributed by atoms with E-state index in [-0.39, 0.29) is 5.91 Å². The second-order valence-corrected chi connectivity index (χ2v) is 8.33. The highest BCUT2D eigenvalue weighted by atomic mass is 32.2. The Morgan fingerprint density at radius 3 is 1.96 bits per heavy atom. The van der Waals surface area contributed by atoms with Gasteiger partial charge in [-0.25, -0.2) is 8.42 Å². The van der Waals surface area contributed by atoms with E-state index in [4.69, 9.17) is 0 Å². The number of nitrogens with one attached hydrogen (secondary N) is 1. The molecule has 0 spiro atoms. The van der Waals surface area contributed by atoms with Gasteiger partial charge in [0, 0.05) is 5.69 Å². The molecule has 1 amide bonds. The number of para-hydroxylation sites is 2. The van der Waals surface area contributed by atoms with Crippen molar-refractivity contribution in [2.45, 2.75) is 46.1 Å². The van der Waals surface area contributed by atoms with Crippen LogP contribution in [0.3, 0.4) is 0 Å². The van der Waals surface area contributed by atoms with Gasteiger partial charge in [0.2, 0.25) is 15.9 Å². The van der Waals surface area contributed by atoms with E-state index >= 15 is 0 Å². The van der Waals surface area contributed by atoms with E-state index in [9.17, 15) is 13.2 Å². The number of amides is 1. The molecule has 0 heterocycles. The fourth-order valence-corrected chi connectivity index (χ4v) is 4.46. The Morgan fingerprint density at radius 1 is 0.963 bits per heavy atom. The lowest BCUT2D eigenvalue weighted by Crippen LogP contribution is -2.47. The van der Waals surface area contributed by atoms with Gasteiger partial charge in [-0.2, -0.15) is 0 Å². The highest BCUT2D eigenvalue weighted by Gasteiger charge is 2.31. The molecule has 1 N–H and O–H groups in total. The first-order valence-corrected chi connectivity index (χ1v) is 11.1. The van der Waals surface area contributed by atoms with E-state index in [0.29, 0.717) is 12.1 Å². The molecule has 5 nitrogen and oxygen atoms in total. The number of rotatable bonds is 8. The maximum Gasteiger partial charge on any atom is 0.248 e. The molecule has 2 aromatic carbocycles. The molecule has 0 unspecified atom stereocenters. The largest absolute Gasteiger partial charge is 0.324 e. The highest BCUT2D eigenvalue weighted by Crippen LogP contribution is 2.26. The van der Waals surface area contributed by atoms with Gasteiger partial charge in [-0.15, -0.1) is 0 Å². The summed E-state index contributed by atoms with van der Waals surface area (Å²) in [6.45, 7) is 5.89. The van der Waals surface area contributed by atoms with Crippen LogP contribution in [0.5, 0.6) is 0 Å². The summed E-state index contributed by atoms with van der Waals surface area (Å²) >= 11 is 0. The van der Waals surface area contributed by atoms with Crippen molar-refractivity contribution in [1.82, 2.24) is 0 Å². The van der Waals surface area contributed by atoms with Crippen molar-refractivity contribution in [1.29, 1.82) is 0 Å². The Labute approximate surface area is 162 Å². The second-order valence-electron chi connectivity index (χ2n) is 6.47. The molecule has 6 heteroatoms. The Hall–Kier alpha value is -2.34. The molecule has 0 bridgehead atoms. The van der Waals surface area contributed by atoms with Crippen molar-refractivity contribution in [2.24, 2.45) is 0 Å². The van der Waals surface area contributed by atoms with Crippen LogP contribution in [0.25, 0.3) is 0 Å². The van der Waals surface area contributed by atoms with Gasteiger partial charge in [0.15, 0.2) is 0 Å². The average Bonchev–Trinajstić information content (AvgIpc) is 2.65. The normalized spacial score (nSPS) is 12.4. The van der Waals surface area contributed by atoms with Crippen molar-refractivity contribution in [2.75, 3.05) is 15.9 Å². The molecule has 0 fully saturated rings. The number of hydrogen-bond acceptors (Lipinski definition) is 3. The Kier molecular flexibility index (Phi) is 7.02. The minimum atomic E-state index is -3.63. The van der Waals surface area contributed by atoms with Gasteiger partial charge >= 0.3 is 0 Å². The van der Waals surface area contributed by atoms with Crippen LogP contribution in [0.4, 0.5) is 11.4 Å². The summed E-state index contributed by atoms with van der Waals surface area (Å²) in [7, 11) is -3.63. The third-order valence-electron chi connectivity index (χ3n) is 4.59. The first kappa shape index (κ1) is 21.0. The topological polar surface area (TPSA) is 66.5 Å². The maximum absolute atomic E-state index is 13.1. The van der Waals surface area contributed by atoms with Crippen LogP contribution in [0.15, 0.2) is 48.5 Å². The van der Waals surface area contributed by atoms with E-state index in [1.165, 1.54) is 4.31 Å². The van der Waals surface area contributed by atoms with Crippen LogP contribution in [0.2, 0.25) is 0 Å². The van der Waals surface area contributed by atoms with Crippen molar-refractivity contribution >= 4 is 27.3 Å². The van der Waals surface area contributed by atoms with Crippen LogP contribution in [-0.4, -0.2) is 26.6 Å². The molecule has 0 aliphatic rings. The van der Waals surface area contributed by atoms with E-state index in [2.05, 4.69) is 5.32 Å². The zero-order chi connectivity index (χ0) is 20.0. The molecule has 0 aliphatic carbocycles. The first-order valence-electron chi connectivity index (χ1n) is 9.29. The molecule has 27 heavy (non-hydrogen) atoms. The molecule has 0 saturated carbocycles. The SMILES string of the molecule is CCc1cccc(CC)c1NC(=O)[C@@H](CC)N(c1ccccc1)S(C)(=O)=O.